The number of anilines is 1. The number of likely N-dealkylation sites (tertiary alicyclic amines) is 1. The Kier molecular flexibility index (Phi) is 9.01. The van der Waals surface area contributed by atoms with Crippen LogP contribution in [0.3, 0.4) is 0 Å². The van der Waals surface area contributed by atoms with Crippen LogP contribution >= 0.6 is 11.3 Å². The number of aromatic nitrogens is 1. The molecule has 2 atom stereocenters. The standard InChI is InChI=1S/C32H36N4O2S/c1-2-3-5-13-29(37)34-32-35-30-27(11-8-12-28(30)39-32)31(38)33-20-24-18-19-36(22-24)21-23-14-16-26(17-15-23)25-9-6-4-7-10-25/h2-7,9-10,13-17,24,27H,8,11-12,18-22H2,1H3,(H,33,38)(H,34,35,37). The summed E-state index contributed by atoms with van der Waals surface area (Å²) in [4.78, 5) is 33.6. The Morgan fingerprint density at radius 3 is 2.64 bits per heavy atom. The lowest BCUT2D eigenvalue weighted by Gasteiger charge is -2.21. The van der Waals surface area contributed by atoms with E-state index in [1.807, 2.05) is 19.1 Å². The predicted octanol–water partition coefficient (Wildman–Crippen LogP) is 5.94. The largest absolute Gasteiger partial charge is 0.355 e. The molecule has 1 aliphatic carbocycles. The van der Waals surface area contributed by atoms with Gasteiger partial charge in [0, 0.05) is 30.6 Å². The van der Waals surface area contributed by atoms with Crippen molar-refractivity contribution in [2.24, 2.45) is 5.92 Å². The lowest BCUT2D eigenvalue weighted by Crippen LogP contribution is -2.35. The van der Waals surface area contributed by atoms with Gasteiger partial charge in [-0.15, -0.1) is 11.3 Å². The van der Waals surface area contributed by atoms with E-state index < -0.39 is 0 Å². The van der Waals surface area contributed by atoms with Crippen LogP contribution < -0.4 is 10.6 Å². The number of carbonyl (C=O) groups is 2. The zero-order valence-corrected chi connectivity index (χ0v) is 23.3. The molecule has 39 heavy (non-hydrogen) atoms. The van der Waals surface area contributed by atoms with Crippen molar-refractivity contribution in [3.05, 3.63) is 95.0 Å². The number of nitrogens with one attached hydrogen (secondary N) is 2. The molecule has 202 valence electrons. The van der Waals surface area contributed by atoms with Gasteiger partial charge in [0.1, 0.15) is 0 Å². The maximum absolute atomic E-state index is 13.2. The molecule has 3 aromatic rings. The van der Waals surface area contributed by atoms with Gasteiger partial charge >= 0.3 is 0 Å². The first-order valence-electron chi connectivity index (χ1n) is 13.8. The second-order valence-electron chi connectivity index (χ2n) is 10.3. The van der Waals surface area contributed by atoms with Gasteiger partial charge < -0.3 is 5.32 Å². The quantitative estimate of drug-likeness (QED) is 0.260. The minimum Gasteiger partial charge on any atom is -0.355 e. The fraction of sp³-hybridized carbons (Fsp3) is 0.344. The van der Waals surface area contributed by atoms with E-state index >= 15 is 0 Å². The molecule has 6 nitrogen and oxygen atoms in total. The van der Waals surface area contributed by atoms with E-state index in [1.54, 1.807) is 12.2 Å². The molecule has 0 spiro atoms. The molecular weight excluding hydrogens is 504 g/mol. The maximum atomic E-state index is 13.2. The number of aryl methyl sites for hydroxylation is 1. The number of amides is 2. The molecule has 2 unspecified atom stereocenters. The highest BCUT2D eigenvalue weighted by Crippen LogP contribution is 2.37. The highest BCUT2D eigenvalue weighted by atomic mass is 32.1. The monoisotopic (exact) mass is 540 g/mol. The molecule has 1 saturated heterocycles. The number of thiazole rings is 1. The Labute approximate surface area is 234 Å². The van der Waals surface area contributed by atoms with Crippen molar-refractivity contribution in [3.8, 4) is 11.1 Å². The average molecular weight is 541 g/mol. The molecule has 7 heteroatoms. The lowest BCUT2D eigenvalue weighted by molar-refractivity contribution is -0.123. The number of rotatable bonds is 9. The van der Waals surface area contributed by atoms with Gasteiger partial charge in [0.2, 0.25) is 11.8 Å². The number of allylic oxidation sites excluding steroid dienone is 3. The highest BCUT2D eigenvalue weighted by molar-refractivity contribution is 7.15. The first-order chi connectivity index (χ1) is 19.1. The molecule has 1 aromatic heterocycles. The van der Waals surface area contributed by atoms with Crippen LogP contribution in [0.25, 0.3) is 11.1 Å². The summed E-state index contributed by atoms with van der Waals surface area (Å²) in [5.41, 5.74) is 4.63. The van der Waals surface area contributed by atoms with Gasteiger partial charge in [0.05, 0.1) is 11.6 Å². The van der Waals surface area contributed by atoms with E-state index in [2.05, 4.69) is 69.0 Å². The highest BCUT2D eigenvalue weighted by Gasteiger charge is 2.31. The molecule has 2 aromatic carbocycles. The molecule has 0 saturated carbocycles. The zero-order chi connectivity index (χ0) is 27.0. The third-order valence-corrected chi connectivity index (χ3v) is 8.50. The summed E-state index contributed by atoms with van der Waals surface area (Å²) in [5.74, 6) is 0.0601. The number of hydrogen-bond donors (Lipinski definition) is 2. The summed E-state index contributed by atoms with van der Waals surface area (Å²) >= 11 is 1.49. The number of fused-ring (bicyclic) bond motifs is 1. The Morgan fingerprint density at radius 2 is 1.85 bits per heavy atom. The van der Waals surface area contributed by atoms with Crippen LogP contribution in [0.1, 0.15) is 48.2 Å². The first-order valence-corrected chi connectivity index (χ1v) is 14.6. The molecule has 1 aliphatic heterocycles. The molecule has 2 amide bonds. The fourth-order valence-corrected chi connectivity index (χ4v) is 6.48. The number of carbonyl (C=O) groups excluding carboxylic acids is 2. The second-order valence-corrected chi connectivity index (χ2v) is 11.4. The first kappa shape index (κ1) is 27.0. The predicted molar refractivity (Wildman–Crippen MR) is 159 cm³/mol. The van der Waals surface area contributed by atoms with E-state index in [0.717, 1.165) is 55.9 Å². The molecule has 0 radical (unpaired) electrons. The van der Waals surface area contributed by atoms with Crippen LogP contribution in [0.5, 0.6) is 0 Å². The molecule has 5 rings (SSSR count). The van der Waals surface area contributed by atoms with Gasteiger partial charge in [-0.25, -0.2) is 4.98 Å². The second kappa shape index (κ2) is 13.0. The van der Waals surface area contributed by atoms with Crippen LogP contribution in [0, 0.1) is 5.92 Å². The van der Waals surface area contributed by atoms with Crippen molar-refractivity contribution in [2.75, 3.05) is 25.0 Å². The van der Waals surface area contributed by atoms with Crippen LogP contribution in [-0.2, 0) is 22.6 Å². The van der Waals surface area contributed by atoms with Crippen molar-refractivity contribution in [1.29, 1.82) is 0 Å². The van der Waals surface area contributed by atoms with Gasteiger partial charge in [-0.3, -0.25) is 19.8 Å². The van der Waals surface area contributed by atoms with E-state index in [0.29, 0.717) is 17.6 Å². The van der Waals surface area contributed by atoms with Crippen molar-refractivity contribution in [1.82, 2.24) is 15.2 Å². The summed E-state index contributed by atoms with van der Waals surface area (Å²) in [6.45, 7) is 5.56. The fourth-order valence-electron chi connectivity index (χ4n) is 5.41. The Bertz CT molecular complexity index is 1330. The third kappa shape index (κ3) is 7.11. The molecule has 1 fully saturated rings. The normalized spacial score (nSPS) is 19.4. The lowest BCUT2D eigenvalue weighted by atomic mass is 9.90. The number of benzene rings is 2. The average Bonchev–Trinajstić information content (AvgIpc) is 3.58. The summed E-state index contributed by atoms with van der Waals surface area (Å²) in [6.07, 6.45) is 10.6. The number of hydrogen-bond acceptors (Lipinski definition) is 5. The van der Waals surface area contributed by atoms with Gasteiger partial charge in [-0.05, 0) is 61.8 Å². The third-order valence-electron chi connectivity index (χ3n) is 7.45. The Balaban J connectivity index is 1.10. The Hall–Kier alpha value is -3.55. The van der Waals surface area contributed by atoms with E-state index in [1.165, 1.54) is 34.1 Å². The zero-order valence-electron chi connectivity index (χ0n) is 22.4. The summed E-state index contributed by atoms with van der Waals surface area (Å²) < 4.78 is 0. The molecule has 2 aliphatic rings. The molecule has 0 bridgehead atoms. The van der Waals surface area contributed by atoms with Crippen molar-refractivity contribution < 1.29 is 9.59 Å². The van der Waals surface area contributed by atoms with Gasteiger partial charge in [0.15, 0.2) is 5.13 Å². The maximum Gasteiger partial charge on any atom is 0.250 e. The van der Waals surface area contributed by atoms with E-state index in [4.69, 9.17) is 0 Å². The summed E-state index contributed by atoms with van der Waals surface area (Å²) in [5, 5.41) is 6.63. The van der Waals surface area contributed by atoms with Crippen molar-refractivity contribution in [3.63, 3.8) is 0 Å². The number of nitrogens with zero attached hydrogens (tertiary/aromatic N) is 2. The molecule has 2 heterocycles. The minimum atomic E-state index is -0.241. The van der Waals surface area contributed by atoms with Crippen molar-refractivity contribution in [2.45, 2.75) is 45.1 Å². The SMILES string of the molecule is CC=CC=CC(=O)Nc1nc2c(s1)CCCC2C(=O)NCC1CCN(Cc2ccc(-c3ccccc3)cc2)C1. The summed E-state index contributed by atoms with van der Waals surface area (Å²) in [7, 11) is 0. The topological polar surface area (TPSA) is 74.3 Å². The van der Waals surface area contributed by atoms with Crippen LogP contribution in [0.15, 0.2) is 78.9 Å². The van der Waals surface area contributed by atoms with E-state index in [-0.39, 0.29) is 17.7 Å². The Morgan fingerprint density at radius 1 is 1.05 bits per heavy atom. The van der Waals surface area contributed by atoms with Crippen molar-refractivity contribution >= 4 is 28.3 Å². The van der Waals surface area contributed by atoms with Crippen LogP contribution in [-0.4, -0.2) is 41.3 Å². The van der Waals surface area contributed by atoms with Crippen LogP contribution in [0.4, 0.5) is 5.13 Å². The van der Waals surface area contributed by atoms with Crippen LogP contribution in [0.2, 0.25) is 0 Å². The molecular formula is C32H36N4O2S. The summed E-state index contributed by atoms with van der Waals surface area (Å²) in [6, 6.07) is 19.3. The molecule has 2 N–H and O–H groups in total. The van der Waals surface area contributed by atoms with Gasteiger partial charge in [-0.2, -0.15) is 0 Å². The smallest absolute Gasteiger partial charge is 0.250 e. The minimum absolute atomic E-state index is 0.0575. The van der Waals surface area contributed by atoms with E-state index in [9.17, 15) is 9.59 Å². The van der Waals surface area contributed by atoms with Gasteiger partial charge in [0.25, 0.3) is 0 Å². The van der Waals surface area contributed by atoms with Gasteiger partial charge in [-0.1, -0.05) is 72.8 Å².